The highest BCUT2D eigenvalue weighted by Crippen LogP contribution is 2.40. The van der Waals surface area contributed by atoms with Gasteiger partial charge >= 0.3 is 29.6 Å². The maximum Gasteiger partial charge on any atom is 0.417 e. The zero-order valence-electron chi connectivity index (χ0n) is 35.2. The third kappa shape index (κ3) is 12.0. The predicted molar refractivity (Wildman–Crippen MR) is 229 cm³/mol. The number of halogens is 6. The molecule has 0 atom stereocenters. The van der Waals surface area contributed by atoms with Crippen LogP contribution in [0.2, 0.25) is 0 Å². The summed E-state index contributed by atoms with van der Waals surface area (Å²) < 4.78 is 119. The summed E-state index contributed by atoms with van der Waals surface area (Å²) in [4.78, 5) is 37.8. The van der Waals surface area contributed by atoms with Gasteiger partial charge in [0.1, 0.15) is 42.0 Å². The minimum absolute atomic E-state index is 0.0997. The summed E-state index contributed by atoms with van der Waals surface area (Å²) in [5.74, 6) is -0.336. The quantitative estimate of drug-likeness (QED) is 0.0184. The van der Waals surface area contributed by atoms with Crippen LogP contribution in [-0.2, 0) is 39.5 Å². The Labute approximate surface area is 364 Å². The molecule has 0 amide bonds. The molecule has 64 heavy (non-hydrogen) atoms. The molecular formula is C49H46F6O9. The molecule has 0 unspecified atom stereocenters. The predicted octanol–water partition coefficient (Wildman–Crippen LogP) is 12.3. The number of carbonyl (C=O) groups is 1. The third-order valence-corrected chi connectivity index (χ3v) is 10.4. The Morgan fingerprint density at radius 1 is 0.625 bits per heavy atom. The van der Waals surface area contributed by atoms with Crippen LogP contribution in [0.3, 0.4) is 0 Å². The highest BCUT2D eigenvalue weighted by molar-refractivity contribution is 5.85. The molecule has 0 saturated carbocycles. The Morgan fingerprint density at radius 3 is 1.48 bits per heavy atom. The minimum atomic E-state index is -4.74. The Kier molecular flexibility index (Phi) is 15.4. The van der Waals surface area contributed by atoms with Crippen molar-refractivity contribution in [2.45, 2.75) is 83.7 Å². The molecule has 338 valence electrons. The lowest BCUT2D eigenvalue weighted by molar-refractivity contribution is -0.158. The van der Waals surface area contributed by atoms with Gasteiger partial charge in [-0.15, -0.1) is 0 Å². The average molecular weight is 893 g/mol. The number of ether oxygens (including phenoxy) is 4. The van der Waals surface area contributed by atoms with Crippen molar-refractivity contribution in [3.63, 3.8) is 0 Å². The molecule has 6 aromatic rings. The van der Waals surface area contributed by atoms with Gasteiger partial charge in [-0.2, -0.15) is 26.3 Å². The van der Waals surface area contributed by atoms with Gasteiger partial charge < -0.3 is 27.8 Å². The molecule has 4 aromatic carbocycles. The van der Waals surface area contributed by atoms with E-state index in [4.69, 9.17) is 27.8 Å². The number of hydrogen-bond acceptors (Lipinski definition) is 9. The first-order chi connectivity index (χ1) is 30.6. The smallest absolute Gasteiger partial charge is 0.417 e. The molecule has 0 saturated heterocycles. The molecule has 9 nitrogen and oxygen atoms in total. The standard InChI is InChI=1S/C49H46F6O9/c1-4-7-9-11-30-13-17-37(41(21-30)48(50,51)52)39-25-32-23-34(15-19-43(32)63-46(39)57)59-27-36(61-29-62-45(56)6-3)28-60-35-16-20-44-33(24-35)26-40(47(58)64-44)38-18-14-31(12-10-8-5-2)22-42(38)49(53,54)55/h6,13-26,36H,3-5,7-12,27-29H2,1-2H3. The normalized spacial score (nSPS) is 12.0. The first-order valence-electron chi connectivity index (χ1n) is 20.8. The fourth-order valence-electron chi connectivity index (χ4n) is 7.12. The van der Waals surface area contributed by atoms with E-state index >= 15 is 0 Å². The summed E-state index contributed by atoms with van der Waals surface area (Å²) in [6.45, 7) is 6.37. The van der Waals surface area contributed by atoms with E-state index in [1.54, 1.807) is 12.1 Å². The van der Waals surface area contributed by atoms with Crippen molar-refractivity contribution >= 4 is 27.9 Å². The molecule has 0 N–H and O–H groups in total. The van der Waals surface area contributed by atoms with Gasteiger partial charge in [0.25, 0.3) is 0 Å². The van der Waals surface area contributed by atoms with Crippen molar-refractivity contribution in [2.24, 2.45) is 0 Å². The Balaban J connectivity index is 1.22. The van der Waals surface area contributed by atoms with Gasteiger partial charge in [-0.05, 0) is 97.5 Å². The van der Waals surface area contributed by atoms with E-state index in [-0.39, 0.29) is 68.9 Å². The van der Waals surface area contributed by atoms with Crippen LogP contribution in [0.5, 0.6) is 11.5 Å². The topological polar surface area (TPSA) is 114 Å². The number of unbranched alkanes of at least 4 members (excludes halogenated alkanes) is 4. The number of carbonyl (C=O) groups excluding carboxylic acids is 1. The summed E-state index contributed by atoms with van der Waals surface area (Å²) in [5.41, 5.74) is -3.80. The number of benzene rings is 4. The van der Waals surface area contributed by atoms with E-state index in [1.807, 2.05) is 13.8 Å². The van der Waals surface area contributed by atoms with Gasteiger partial charge in [-0.25, -0.2) is 14.4 Å². The second kappa shape index (κ2) is 20.9. The van der Waals surface area contributed by atoms with E-state index in [0.717, 1.165) is 56.7 Å². The van der Waals surface area contributed by atoms with Crippen LogP contribution in [0.25, 0.3) is 44.2 Å². The third-order valence-electron chi connectivity index (χ3n) is 10.4. The second-order valence-electron chi connectivity index (χ2n) is 15.2. The lowest BCUT2D eigenvalue weighted by Gasteiger charge is -2.19. The van der Waals surface area contributed by atoms with Gasteiger partial charge in [0.2, 0.25) is 0 Å². The average Bonchev–Trinajstić information content (AvgIpc) is 3.26. The Morgan fingerprint density at radius 2 is 1.08 bits per heavy atom. The van der Waals surface area contributed by atoms with Crippen molar-refractivity contribution in [3.05, 3.63) is 141 Å². The summed E-state index contributed by atoms with van der Waals surface area (Å²) in [6.07, 6.45) is -3.56. The summed E-state index contributed by atoms with van der Waals surface area (Å²) >= 11 is 0. The van der Waals surface area contributed by atoms with Crippen molar-refractivity contribution in [1.29, 1.82) is 0 Å². The van der Waals surface area contributed by atoms with Crippen molar-refractivity contribution in [3.8, 4) is 33.8 Å². The van der Waals surface area contributed by atoms with E-state index in [0.29, 0.717) is 24.0 Å². The number of esters is 1. The second-order valence-corrected chi connectivity index (χ2v) is 15.2. The van der Waals surface area contributed by atoms with Crippen LogP contribution in [0.1, 0.15) is 74.6 Å². The number of hydrogen-bond donors (Lipinski definition) is 0. The van der Waals surface area contributed by atoms with Crippen molar-refractivity contribution in [1.82, 2.24) is 0 Å². The first-order valence-corrected chi connectivity index (χ1v) is 20.8. The minimum Gasteiger partial charge on any atom is -0.491 e. The van der Waals surface area contributed by atoms with E-state index in [9.17, 15) is 40.7 Å². The van der Waals surface area contributed by atoms with Crippen LogP contribution in [-0.4, -0.2) is 32.1 Å². The maximum atomic E-state index is 14.3. The molecule has 0 aliphatic carbocycles. The number of fused-ring (bicyclic) bond motifs is 2. The van der Waals surface area contributed by atoms with E-state index in [1.165, 1.54) is 60.7 Å². The van der Waals surface area contributed by atoms with Gasteiger partial charge in [-0.1, -0.05) is 70.4 Å². The number of rotatable bonds is 20. The summed E-state index contributed by atoms with van der Waals surface area (Å²) in [5, 5.41) is 0.543. The lowest BCUT2D eigenvalue weighted by Crippen LogP contribution is -2.30. The SMILES string of the molecule is C=CC(=O)OCOC(COc1ccc2oc(=O)c(-c3ccc(CCCCC)cc3C(F)(F)F)cc2c1)COc1ccc2oc(=O)c(-c3ccc(CCCCC)cc3C(F)(F)F)cc2c1. The van der Waals surface area contributed by atoms with Crippen LogP contribution in [0.4, 0.5) is 26.3 Å². The fourth-order valence-corrected chi connectivity index (χ4v) is 7.12. The molecule has 0 fully saturated rings. The number of aryl methyl sites for hydroxylation is 2. The molecule has 2 aromatic heterocycles. The maximum absolute atomic E-state index is 14.3. The summed E-state index contributed by atoms with van der Waals surface area (Å²) in [7, 11) is 0. The highest BCUT2D eigenvalue weighted by Gasteiger charge is 2.36. The largest absolute Gasteiger partial charge is 0.491 e. The van der Waals surface area contributed by atoms with Gasteiger partial charge in [0, 0.05) is 28.0 Å². The van der Waals surface area contributed by atoms with Crippen molar-refractivity contribution < 1.29 is 58.9 Å². The molecule has 0 aliphatic rings. The van der Waals surface area contributed by atoms with Crippen LogP contribution in [0, 0.1) is 0 Å². The molecule has 15 heteroatoms. The van der Waals surface area contributed by atoms with Gasteiger partial charge in [0.15, 0.2) is 6.79 Å². The highest BCUT2D eigenvalue weighted by atomic mass is 19.4. The molecule has 0 bridgehead atoms. The van der Waals surface area contributed by atoms with Crippen molar-refractivity contribution in [2.75, 3.05) is 20.0 Å². The zero-order chi connectivity index (χ0) is 46.0. The lowest BCUT2D eigenvalue weighted by atomic mass is 9.95. The number of alkyl halides is 6. The van der Waals surface area contributed by atoms with E-state index in [2.05, 4.69) is 6.58 Å². The van der Waals surface area contributed by atoms with Crippen LogP contribution >= 0.6 is 0 Å². The van der Waals surface area contributed by atoms with Crippen LogP contribution < -0.4 is 20.7 Å². The molecule has 0 radical (unpaired) electrons. The van der Waals surface area contributed by atoms with E-state index < -0.39 is 53.6 Å². The first kappa shape index (κ1) is 47.1. The zero-order valence-corrected chi connectivity index (χ0v) is 35.2. The monoisotopic (exact) mass is 892 g/mol. The molecule has 0 aliphatic heterocycles. The molecule has 6 rings (SSSR count). The Hall–Kier alpha value is -6.35. The Bertz CT molecular complexity index is 2540. The fraction of sp³-hybridized carbons (Fsp3) is 0.327. The molecule has 2 heterocycles. The van der Waals surface area contributed by atoms with Crippen LogP contribution in [0.15, 0.2) is 116 Å². The summed E-state index contributed by atoms with van der Waals surface area (Å²) in [6, 6.07) is 19.2. The molecular weight excluding hydrogens is 847 g/mol. The molecule has 0 spiro atoms. The van der Waals surface area contributed by atoms with Gasteiger partial charge in [0.05, 0.1) is 22.3 Å². The van der Waals surface area contributed by atoms with Gasteiger partial charge in [-0.3, -0.25) is 0 Å².